The summed E-state index contributed by atoms with van der Waals surface area (Å²) in [5.41, 5.74) is 8.66. The van der Waals surface area contributed by atoms with E-state index in [4.69, 9.17) is 21.5 Å². The molecule has 2 heterocycles. The van der Waals surface area contributed by atoms with Crippen LogP contribution >= 0.6 is 0 Å². The standard InChI is InChI=1S/C44H35N5/c1-45-35-14-16-36(17-15-35)49-39-19-13-34(44-25-28-20-29(26-44)22-30(21-28)27-44)24-38(39)37-18-12-33(23-40(37)49)43-47-41(31-8-4-2-5-9-31)46-42(48-43)32-10-6-3-7-11-32/h2-19,23-24,28-30H,20-22,25-27H2. The van der Waals surface area contributed by atoms with Crippen molar-refractivity contribution in [3.8, 4) is 39.9 Å². The molecule has 4 aliphatic rings. The predicted molar refractivity (Wildman–Crippen MR) is 197 cm³/mol. The van der Waals surface area contributed by atoms with Crippen molar-refractivity contribution in [3.05, 3.63) is 138 Å². The summed E-state index contributed by atoms with van der Waals surface area (Å²) in [4.78, 5) is 18.7. The molecular weight excluding hydrogens is 599 g/mol. The van der Waals surface area contributed by atoms with Crippen LogP contribution in [0.5, 0.6) is 0 Å². The highest BCUT2D eigenvalue weighted by Crippen LogP contribution is 2.61. The average molecular weight is 634 g/mol. The van der Waals surface area contributed by atoms with Gasteiger partial charge in [0, 0.05) is 33.2 Å². The molecule has 5 aromatic carbocycles. The largest absolute Gasteiger partial charge is 0.309 e. The summed E-state index contributed by atoms with van der Waals surface area (Å²) in [6, 6.07) is 42.2. The molecule has 0 atom stereocenters. The summed E-state index contributed by atoms with van der Waals surface area (Å²) in [7, 11) is 0. The number of aromatic nitrogens is 4. The third-order valence-corrected chi connectivity index (χ3v) is 11.6. The second kappa shape index (κ2) is 11.0. The van der Waals surface area contributed by atoms with Crippen LogP contribution in [-0.4, -0.2) is 19.5 Å². The number of nitrogens with zero attached hydrogens (tertiary/aromatic N) is 5. The topological polar surface area (TPSA) is 48.0 Å². The van der Waals surface area contributed by atoms with Gasteiger partial charge < -0.3 is 4.57 Å². The van der Waals surface area contributed by atoms with E-state index in [-0.39, 0.29) is 0 Å². The van der Waals surface area contributed by atoms with Crippen molar-refractivity contribution in [3.63, 3.8) is 0 Å². The highest BCUT2D eigenvalue weighted by Gasteiger charge is 2.51. The summed E-state index contributed by atoms with van der Waals surface area (Å²) in [5, 5.41) is 2.51. The minimum absolute atomic E-state index is 0.321. The van der Waals surface area contributed by atoms with E-state index < -0.39 is 0 Å². The van der Waals surface area contributed by atoms with Crippen LogP contribution in [0.1, 0.15) is 44.1 Å². The Kier molecular flexibility index (Phi) is 6.36. The number of hydrogen-bond acceptors (Lipinski definition) is 3. The van der Waals surface area contributed by atoms with Crippen LogP contribution < -0.4 is 0 Å². The van der Waals surface area contributed by atoms with Crippen LogP contribution in [0.3, 0.4) is 0 Å². The summed E-state index contributed by atoms with van der Waals surface area (Å²) < 4.78 is 2.35. The first-order valence-electron chi connectivity index (χ1n) is 17.6. The van der Waals surface area contributed by atoms with Crippen molar-refractivity contribution in [2.24, 2.45) is 17.8 Å². The lowest BCUT2D eigenvalue weighted by atomic mass is 9.48. The molecule has 4 aliphatic carbocycles. The normalized spacial score (nSPS) is 22.5. The summed E-state index contributed by atoms with van der Waals surface area (Å²) in [6.07, 6.45) is 8.37. The Morgan fingerprint density at radius 1 is 0.551 bits per heavy atom. The lowest BCUT2D eigenvalue weighted by Gasteiger charge is -2.57. The van der Waals surface area contributed by atoms with Gasteiger partial charge >= 0.3 is 0 Å². The minimum Gasteiger partial charge on any atom is -0.309 e. The average Bonchev–Trinajstić information content (AvgIpc) is 3.48. The zero-order chi connectivity index (χ0) is 32.5. The van der Waals surface area contributed by atoms with Gasteiger partial charge in [-0.3, -0.25) is 0 Å². The molecule has 0 amide bonds. The van der Waals surface area contributed by atoms with E-state index in [1.807, 2.05) is 72.8 Å². The first-order valence-corrected chi connectivity index (χ1v) is 17.6. The van der Waals surface area contributed by atoms with Crippen molar-refractivity contribution < 1.29 is 0 Å². The van der Waals surface area contributed by atoms with Gasteiger partial charge in [0.2, 0.25) is 0 Å². The monoisotopic (exact) mass is 633 g/mol. The highest BCUT2D eigenvalue weighted by atomic mass is 15.0. The van der Waals surface area contributed by atoms with Crippen LogP contribution in [0.2, 0.25) is 0 Å². The molecular formula is C44H35N5. The van der Waals surface area contributed by atoms with E-state index in [0.717, 1.165) is 45.6 Å². The zero-order valence-corrected chi connectivity index (χ0v) is 27.3. The van der Waals surface area contributed by atoms with Crippen molar-refractivity contribution in [2.75, 3.05) is 0 Å². The van der Waals surface area contributed by atoms with E-state index in [2.05, 4.69) is 57.9 Å². The van der Waals surface area contributed by atoms with Crippen molar-refractivity contribution in [1.82, 2.24) is 19.5 Å². The van der Waals surface area contributed by atoms with Gasteiger partial charge in [-0.05, 0) is 97.6 Å². The fourth-order valence-corrected chi connectivity index (χ4v) is 9.85. The third kappa shape index (κ3) is 4.70. The molecule has 11 rings (SSSR count). The molecule has 4 fully saturated rings. The molecule has 5 heteroatoms. The number of rotatable bonds is 5. The van der Waals surface area contributed by atoms with Gasteiger partial charge in [-0.1, -0.05) is 91.0 Å². The SMILES string of the molecule is [C-]#[N+]c1ccc(-n2c3ccc(C45CC6CC(CC(C6)C4)C5)cc3c3ccc(-c4nc(-c5ccccc5)nc(-c5ccccc5)n4)cc32)cc1. The lowest BCUT2D eigenvalue weighted by molar-refractivity contribution is -0.00512. The van der Waals surface area contributed by atoms with E-state index in [9.17, 15) is 0 Å². The van der Waals surface area contributed by atoms with E-state index in [1.165, 1.54) is 60.4 Å². The highest BCUT2D eigenvalue weighted by molar-refractivity contribution is 6.10. The summed E-state index contributed by atoms with van der Waals surface area (Å²) >= 11 is 0. The minimum atomic E-state index is 0.321. The van der Waals surface area contributed by atoms with Crippen molar-refractivity contribution >= 4 is 27.5 Å². The smallest absolute Gasteiger partial charge is 0.187 e. The number of benzene rings is 5. The molecule has 0 aliphatic heterocycles. The fourth-order valence-electron chi connectivity index (χ4n) is 9.85. The molecule has 4 bridgehead atoms. The Labute approximate surface area is 286 Å². The molecule has 0 N–H and O–H groups in total. The quantitative estimate of drug-likeness (QED) is 0.177. The van der Waals surface area contributed by atoms with Gasteiger partial charge in [-0.15, -0.1) is 0 Å². The molecule has 2 aromatic heterocycles. The van der Waals surface area contributed by atoms with E-state index in [1.54, 1.807) is 0 Å². The van der Waals surface area contributed by atoms with Gasteiger partial charge in [0.25, 0.3) is 0 Å². The van der Waals surface area contributed by atoms with Gasteiger partial charge in [0.05, 0.1) is 17.6 Å². The Bertz CT molecular complexity index is 2330. The molecule has 49 heavy (non-hydrogen) atoms. The van der Waals surface area contributed by atoms with Crippen LogP contribution in [-0.2, 0) is 5.41 Å². The first kappa shape index (κ1) is 28.4. The van der Waals surface area contributed by atoms with E-state index >= 15 is 0 Å². The molecule has 236 valence electrons. The Balaban J connectivity index is 1.18. The Hall–Kier alpha value is -5.60. The molecule has 0 saturated heterocycles. The number of hydrogen-bond donors (Lipinski definition) is 0. The second-order valence-corrected chi connectivity index (χ2v) is 14.7. The van der Waals surface area contributed by atoms with Gasteiger partial charge in [-0.2, -0.15) is 0 Å². The molecule has 7 aromatic rings. The zero-order valence-electron chi connectivity index (χ0n) is 27.3. The molecule has 0 radical (unpaired) electrons. The first-order chi connectivity index (χ1) is 24.1. The second-order valence-electron chi connectivity index (χ2n) is 14.7. The summed E-state index contributed by atoms with van der Waals surface area (Å²) in [5.74, 6) is 4.64. The maximum atomic E-state index is 7.53. The Morgan fingerprint density at radius 3 is 1.69 bits per heavy atom. The van der Waals surface area contributed by atoms with E-state index in [0.29, 0.717) is 28.6 Å². The third-order valence-electron chi connectivity index (χ3n) is 11.6. The maximum absolute atomic E-state index is 7.53. The van der Waals surface area contributed by atoms with Crippen LogP contribution in [0.15, 0.2) is 121 Å². The summed E-state index contributed by atoms with van der Waals surface area (Å²) in [6.45, 7) is 7.53. The van der Waals surface area contributed by atoms with Gasteiger partial charge in [0.1, 0.15) is 0 Å². The van der Waals surface area contributed by atoms with Gasteiger partial charge in [-0.25, -0.2) is 19.8 Å². The molecule has 0 unspecified atom stereocenters. The Morgan fingerprint density at radius 2 is 1.12 bits per heavy atom. The van der Waals surface area contributed by atoms with Crippen LogP contribution in [0.25, 0.3) is 66.5 Å². The maximum Gasteiger partial charge on any atom is 0.187 e. The molecule has 4 saturated carbocycles. The fraction of sp³-hybridized carbons (Fsp3) is 0.227. The van der Waals surface area contributed by atoms with Crippen LogP contribution in [0, 0.1) is 24.3 Å². The number of fused-ring (bicyclic) bond motifs is 3. The lowest BCUT2D eigenvalue weighted by Crippen LogP contribution is -2.48. The predicted octanol–water partition coefficient (Wildman–Crippen LogP) is 11.0. The van der Waals surface area contributed by atoms with Crippen LogP contribution in [0.4, 0.5) is 5.69 Å². The van der Waals surface area contributed by atoms with Crippen molar-refractivity contribution in [1.29, 1.82) is 0 Å². The molecule has 0 spiro atoms. The van der Waals surface area contributed by atoms with Gasteiger partial charge in [0.15, 0.2) is 23.2 Å². The molecule has 5 nitrogen and oxygen atoms in total. The van der Waals surface area contributed by atoms with Crippen molar-refractivity contribution in [2.45, 2.75) is 43.9 Å².